The Morgan fingerprint density at radius 1 is 1.05 bits per heavy atom. The number of hydrogen-bond donors (Lipinski definition) is 0. The normalized spacial score (nSPS) is 27.2. The first-order valence-corrected chi connectivity index (χ1v) is 7.53. The van der Waals surface area contributed by atoms with Crippen LogP contribution in [0.4, 0.5) is 0 Å². The minimum Gasteiger partial charge on any atom is -0.306 e. The standard InChI is InChI=1S/C17H21N3/c1-19-8-14-11-20(12-15(14)9-19)10-13-6-7-18-17-5-3-2-4-16(13)17/h2-7,14-15H,8-12H2,1H3. The van der Waals surface area contributed by atoms with E-state index < -0.39 is 0 Å². The number of para-hydroxylation sites is 1. The summed E-state index contributed by atoms with van der Waals surface area (Å²) < 4.78 is 0. The molecule has 0 N–H and O–H groups in total. The predicted octanol–water partition coefficient (Wildman–Crippen LogP) is 2.23. The third-order valence-corrected chi connectivity index (χ3v) is 4.88. The van der Waals surface area contributed by atoms with Crippen LogP contribution in [0.3, 0.4) is 0 Å². The SMILES string of the molecule is CN1CC2CN(Cc3ccnc4ccccc34)CC2C1. The molecule has 0 amide bonds. The molecule has 104 valence electrons. The van der Waals surface area contributed by atoms with Crippen molar-refractivity contribution in [2.24, 2.45) is 11.8 Å². The number of nitrogens with zero attached hydrogens (tertiary/aromatic N) is 3. The average molecular weight is 267 g/mol. The zero-order chi connectivity index (χ0) is 13.5. The van der Waals surface area contributed by atoms with Gasteiger partial charge in [0, 0.05) is 44.3 Å². The lowest BCUT2D eigenvalue weighted by atomic mass is 10.0. The zero-order valence-corrected chi connectivity index (χ0v) is 12.0. The van der Waals surface area contributed by atoms with Crippen LogP contribution < -0.4 is 0 Å². The van der Waals surface area contributed by atoms with Crippen molar-refractivity contribution in [2.45, 2.75) is 6.54 Å². The Hall–Kier alpha value is -1.45. The predicted molar refractivity (Wildman–Crippen MR) is 81.5 cm³/mol. The molecule has 2 aliphatic heterocycles. The maximum absolute atomic E-state index is 4.46. The Bertz CT molecular complexity index is 605. The fourth-order valence-electron chi connectivity index (χ4n) is 3.99. The smallest absolute Gasteiger partial charge is 0.0705 e. The van der Waals surface area contributed by atoms with Crippen LogP contribution in [-0.2, 0) is 6.54 Å². The number of hydrogen-bond acceptors (Lipinski definition) is 3. The quantitative estimate of drug-likeness (QED) is 0.832. The Labute approximate surface area is 120 Å². The van der Waals surface area contributed by atoms with Crippen LogP contribution in [-0.4, -0.2) is 48.0 Å². The molecule has 3 heterocycles. The van der Waals surface area contributed by atoms with Crippen molar-refractivity contribution in [1.29, 1.82) is 0 Å². The molecule has 1 aromatic carbocycles. The van der Waals surface area contributed by atoms with Gasteiger partial charge in [0.05, 0.1) is 5.52 Å². The lowest BCUT2D eigenvalue weighted by molar-refractivity contribution is 0.273. The summed E-state index contributed by atoms with van der Waals surface area (Å²) in [4.78, 5) is 9.57. The molecule has 2 aliphatic rings. The van der Waals surface area contributed by atoms with Gasteiger partial charge in [-0.15, -0.1) is 0 Å². The first-order valence-electron chi connectivity index (χ1n) is 7.53. The maximum Gasteiger partial charge on any atom is 0.0705 e. The molecule has 4 rings (SSSR count). The number of pyridine rings is 1. The Balaban J connectivity index is 1.55. The average Bonchev–Trinajstić information content (AvgIpc) is 2.96. The number of rotatable bonds is 2. The summed E-state index contributed by atoms with van der Waals surface area (Å²) in [5.41, 5.74) is 2.54. The van der Waals surface area contributed by atoms with Gasteiger partial charge in [-0.05, 0) is 36.6 Å². The molecular weight excluding hydrogens is 246 g/mol. The molecule has 2 fully saturated rings. The summed E-state index contributed by atoms with van der Waals surface area (Å²) in [6, 6.07) is 10.7. The van der Waals surface area contributed by atoms with Gasteiger partial charge in [0.2, 0.25) is 0 Å². The van der Waals surface area contributed by atoms with E-state index in [1.165, 1.54) is 37.1 Å². The second-order valence-electron chi connectivity index (χ2n) is 6.42. The molecule has 0 saturated carbocycles. The maximum atomic E-state index is 4.46. The number of aromatic nitrogens is 1. The van der Waals surface area contributed by atoms with E-state index in [0.29, 0.717) is 0 Å². The van der Waals surface area contributed by atoms with E-state index in [2.05, 4.69) is 52.2 Å². The first-order chi connectivity index (χ1) is 9.79. The molecule has 2 aromatic rings. The van der Waals surface area contributed by atoms with E-state index in [1.807, 2.05) is 6.20 Å². The fourth-order valence-corrected chi connectivity index (χ4v) is 3.99. The van der Waals surface area contributed by atoms with Gasteiger partial charge in [-0.2, -0.15) is 0 Å². The van der Waals surface area contributed by atoms with Crippen molar-refractivity contribution in [1.82, 2.24) is 14.8 Å². The summed E-state index contributed by atoms with van der Waals surface area (Å²) in [7, 11) is 2.25. The van der Waals surface area contributed by atoms with Crippen LogP contribution in [0.1, 0.15) is 5.56 Å². The summed E-state index contributed by atoms with van der Waals surface area (Å²) in [5.74, 6) is 1.77. The van der Waals surface area contributed by atoms with Crippen LogP contribution in [0.5, 0.6) is 0 Å². The van der Waals surface area contributed by atoms with Crippen LogP contribution in [0.2, 0.25) is 0 Å². The zero-order valence-electron chi connectivity index (χ0n) is 12.0. The highest BCUT2D eigenvalue weighted by Crippen LogP contribution is 2.31. The highest BCUT2D eigenvalue weighted by atomic mass is 15.2. The molecule has 0 aliphatic carbocycles. The van der Waals surface area contributed by atoms with Crippen molar-refractivity contribution in [3.05, 3.63) is 42.1 Å². The molecule has 0 spiro atoms. The highest BCUT2D eigenvalue weighted by Gasteiger charge is 2.38. The van der Waals surface area contributed by atoms with Gasteiger partial charge < -0.3 is 4.90 Å². The van der Waals surface area contributed by atoms with Crippen molar-refractivity contribution in [3.63, 3.8) is 0 Å². The van der Waals surface area contributed by atoms with Crippen LogP contribution in [0.15, 0.2) is 36.5 Å². The number of benzene rings is 1. The first kappa shape index (κ1) is 12.3. The summed E-state index contributed by atoms with van der Waals surface area (Å²) in [6.45, 7) is 6.13. The van der Waals surface area contributed by atoms with Crippen molar-refractivity contribution < 1.29 is 0 Å². The van der Waals surface area contributed by atoms with Gasteiger partial charge in [-0.1, -0.05) is 18.2 Å². The minimum atomic E-state index is 0.883. The molecule has 20 heavy (non-hydrogen) atoms. The number of likely N-dealkylation sites (tertiary alicyclic amines) is 2. The largest absolute Gasteiger partial charge is 0.306 e. The van der Waals surface area contributed by atoms with Gasteiger partial charge in [-0.25, -0.2) is 0 Å². The summed E-state index contributed by atoms with van der Waals surface area (Å²) in [5, 5.41) is 1.31. The second kappa shape index (κ2) is 4.83. The third-order valence-electron chi connectivity index (χ3n) is 4.88. The summed E-state index contributed by atoms with van der Waals surface area (Å²) in [6.07, 6.45) is 1.95. The lowest BCUT2D eigenvalue weighted by Gasteiger charge is -2.19. The lowest BCUT2D eigenvalue weighted by Crippen LogP contribution is -2.26. The van der Waals surface area contributed by atoms with Gasteiger partial charge >= 0.3 is 0 Å². The molecule has 2 unspecified atom stereocenters. The van der Waals surface area contributed by atoms with Crippen molar-refractivity contribution in [2.75, 3.05) is 33.2 Å². The monoisotopic (exact) mass is 267 g/mol. The molecule has 3 nitrogen and oxygen atoms in total. The summed E-state index contributed by atoms with van der Waals surface area (Å²) >= 11 is 0. The molecule has 2 atom stereocenters. The van der Waals surface area contributed by atoms with E-state index in [9.17, 15) is 0 Å². The van der Waals surface area contributed by atoms with E-state index >= 15 is 0 Å². The fraction of sp³-hybridized carbons (Fsp3) is 0.471. The van der Waals surface area contributed by atoms with E-state index in [0.717, 1.165) is 23.9 Å². The molecular formula is C17H21N3. The topological polar surface area (TPSA) is 19.4 Å². The van der Waals surface area contributed by atoms with Crippen LogP contribution in [0, 0.1) is 11.8 Å². The highest BCUT2D eigenvalue weighted by molar-refractivity contribution is 5.81. The Morgan fingerprint density at radius 3 is 2.60 bits per heavy atom. The Morgan fingerprint density at radius 2 is 1.80 bits per heavy atom. The van der Waals surface area contributed by atoms with Gasteiger partial charge in [0.1, 0.15) is 0 Å². The Kier molecular flexibility index (Phi) is 2.97. The third kappa shape index (κ3) is 2.11. The van der Waals surface area contributed by atoms with Gasteiger partial charge in [-0.3, -0.25) is 9.88 Å². The van der Waals surface area contributed by atoms with Crippen LogP contribution >= 0.6 is 0 Å². The second-order valence-corrected chi connectivity index (χ2v) is 6.42. The van der Waals surface area contributed by atoms with Crippen molar-refractivity contribution >= 4 is 10.9 Å². The van der Waals surface area contributed by atoms with Crippen LogP contribution in [0.25, 0.3) is 10.9 Å². The van der Waals surface area contributed by atoms with E-state index in [4.69, 9.17) is 0 Å². The van der Waals surface area contributed by atoms with Gasteiger partial charge in [0.25, 0.3) is 0 Å². The molecule has 3 heteroatoms. The minimum absolute atomic E-state index is 0.883. The van der Waals surface area contributed by atoms with Crippen molar-refractivity contribution in [3.8, 4) is 0 Å². The molecule has 0 bridgehead atoms. The molecule has 2 saturated heterocycles. The molecule has 1 aromatic heterocycles. The number of fused-ring (bicyclic) bond motifs is 2. The van der Waals surface area contributed by atoms with E-state index in [-0.39, 0.29) is 0 Å². The molecule has 0 radical (unpaired) electrons. The van der Waals surface area contributed by atoms with Gasteiger partial charge in [0.15, 0.2) is 0 Å². The van der Waals surface area contributed by atoms with E-state index in [1.54, 1.807) is 0 Å².